The molecule has 0 saturated carbocycles. The first kappa shape index (κ1) is 13.3. The van der Waals surface area contributed by atoms with E-state index in [1.807, 2.05) is 6.92 Å². The molecule has 0 heterocycles. The van der Waals surface area contributed by atoms with E-state index in [2.05, 4.69) is 5.32 Å². The molecule has 0 aromatic rings. The molecule has 3 N–H and O–H groups in total. The van der Waals surface area contributed by atoms with Gasteiger partial charge in [0.05, 0.1) is 17.0 Å². The highest BCUT2D eigenvalue weighted by Crippen LogP contribution is 2.21. The monoisotopic (exact) mass is 218 g/mol. The molecule has 5 heteroatoms. The van der Waals surface area contributed by atoms with Crippen molar-refractivity contribution in [2.45, 2.75) is 20.3 Å². The second-order valence-electron chi connectivity index (χ2n) is 3.30. The number of hydrogen-bond donors (Lipinski definition) is 2. The van der Waals surface area contributed by atoms with Gasteiger partial charge in [0.25, 0.3) is 0 Å². The van der Waals surface area contributed by atoms with Crippen molar-refractivity contribution in [1.82, 2.24) is 5.32 Å². The Kier molecular flexibility index (Phi) is 5.64. The Balaban J connectivity index is 4.25. The Bertz CT molecular complexity index is 221. The van der Waals surface area contributed by atoms with Gasteiger partial charge in [0, 0.05) is 13.7 Å². The molecule has 1 unspecified atom stereocenters. The normalized spacial score (nSPS) is 14.5. The predicted molar refractivity (Wildman–Crippen MR) is 60.1 cm³/mol. The van der Waals surface area contributed by atoms with Gasteiger partial charge in [-0.3, -0.25) is 4.79 Å². The maximum Gasteiger partial charge on any atom is 0.232 e. The standard InChI is InChI=1S/C9H18N2O2S/c1-4-9(2,7(10)14)8(12)11-5-6-13-3/h4-6H2,1-3H3,(H2,10,14)(H,11,12). The molecule has 1 atom stereocenters. The molecule has 0 spiro atoms. The smallest absolute Gasteiger partial charge is 0.232 e. The van der Waals surface area contributed by atoms with Crippen LogP contribution in [0.15, 0.2) is 0 Å². The Morgan fingerprint density at radius 3 is 2.57 bits per heavy atom. The molecule has 4 nitrogen and oxygen atoms in total. The summed E-state index contributed by atoms with van der Waals surface area (Å²) >= 11 is 4.87. The van der Waals surface area contributed by atoms with Crippen LogP contribution in [0.2, 0.25) is 0 Å². The Hall–Kier alpha value is -0.680. The number of nitrogens with two attached hydrogens (primary N) is 1. The lowest BCUT2D eigenvalue weighted by Gasteiger charge is -2.25. The fourth-order valence-electron chi connectivity index (χ4n) is 0.908. The summed E-state index contributed by atoms with van der Waals surface area (Å²) < 4.78 is 4.82. The lowest BCUT2D eigenvalue weighted by atomic mass is 9.86. The number of thiocarbonyl (C=S) groups is 1. The maximum absolute atomic E-state index is 11.7. The van der Waals surface area contributed by atoms with E-state index >= 15 is 0 Å². The molecule has 0 aromatic heterocycles. The lowest BCUT2D eigenvalue weighted by Crippen LogP contribution is -2.47. The summed E-state index contributed by atoms with van der Waals surface area (Å²) in [6.07, 6.45) is 0.598. The molecule has 0 fully saturated rings. The van der Waals surface area contributed by atoms with Gasteiger partial charge in [0.1, 0.15) is 0 Å². The van der Waals surface area contributed by atoms with Gasteiger partial charge >= 0.3 is 0 Å². The summed E-state index contributed by atoms with van der Waals surface area (Å²) in [5, 5.41) is 2.72. The third kappa shape index (κ3) is 3.23. The molecule has 0 aliphatic carbocycles. The molecule has 0 saturated heterocycles. The first-order chi connectivity index (χ1) is 6.49. The number of nitrogens with one attached hydrogen (secondary N) is 1. The van der Waals surface area contributed by atoms with Crippen LogP contribution in [0.25, 0.3) is 0 Å². The van der Waals surface area contributed by atoms with E-state index in [0.717, 1.165) is 0 Å². The van der Waals surface area contributed by atoms with Gasteiger partial charge < -0.3 is 15.8 Å². The molecule has 82 valence electrons. The van der Waals surface area contributed by atoms with Crippen LogP contribution in [0.5, 0.6) is 0 Å². The summed E-state index contributed by atoms with van der Waals surface area (Å²) in [5.41, 5.74) is 4.78. The largest absolute Gasteiger partial charge is 0.392 e. The van der Waals surface area contributed by atoms with Crippen molar-refractivity contribution in [3.05, 3.63) is 0 Å². The number of carbonyl (C=O) groups excluding carboxylic acids is 1. The van der Waals surface area contributed by atoms with Crippen molar-refractivity contribution in [3.8, 4) is 0 Å². The first-order valence-electron chi connectivity index (χ1n) is 4.56. The van der Waals surface area contributed by atoms with Crippen molar-refractivity contribution in [2.24, 2.45) is 11.1 Å². The quantitative estimate of drug-likeness (QED) is 0.502. The third-order valence-corrected chi connectivity index (χ3v) is 2.79. The van der Waals surface area contributed by atoms with Crippen molar-refractivity contribution < 1.29 is 9.53 Å². The highest BCUT2D eigenvalue weighted by Gasteiger charge is 2.34. The minimum absolute atomic E-state index is 0.135. The molecule has 0 aliphatic heterocycles. The number of hydrogen-bond acceptors (Lipinski definition) is 3. The van der Waals surface area contributed by atoms with E-state index in [4.69, 9.17) is 22.7 Å². The number of carbonyl (C=O) groups is 1. The number of ether oxygens (including phenoxy) is 1. The van der Waals surface area contributed by atoms with Crippen LogP contribution in [-0.4, -0.2) is 31.2 Å². The molecule has 0 aliphatic rings. The minimum atomic E-state index is -0.747. The molecule has 1 amide bonds. The van der Waals surface area contributed by atoms with Crippen molar-refractivity contribution in [2.75, 3.05) is 20.3 Å². The van der Waals surface area contributed by atoms with Gasteiger partial charge in [0.2, 0.25) is 5.91 Å². The molecule has 0 rings (SSSR count). The van der Waals surface area contributed by atoms with E-state index in [0.29, 0.717) is 19.6 Å². The van der Waals surface area contributed by atoms with Crippen LogP contribution >= 0.6 is 12.2 Å². The Labute approximate surface area is 90.2 Å². The van der Waals surface area contributed by atoms with Crippen molar-refractivity contribution >= 4 is 23.1 Å². The topological polar surface area (TPSA) is 64.3 Å². The number of amides is 1. The van der Waals surface area contributed by atoms with E-state index in [9.17, 15) is 4.79 Å². The zero-order chi connectivity index (χ0) is 11.2. The fourth-order valence-corrected chi connectivity index (χ4v) is 1.15. The number of methoxy groups -OCH3 is 1. The maximum atomic E-state index is 11.7. The van der Waals surface area contributed by atoms with E-state index in [1.54, 1.807) is 14.0 Å². The molecular formula is C9H18N2O2S. The zero-order valence-electron chi connectivity index (χ0n) is 8.92. The molecule has 0 bridgehead atoms. The number of rotatable bonds is 6. The summed E-state index contributed by atoms with van der Waals surface area (Å²) in [7, 11) is 1.58. The lowest BCUT2D eigenvalue weighted by molar-refractivity contribution is -0.127. The van der Waals surface area contributed by atoms with Crippen LogP contribution in [0.1, 0.15) is 20.3 Å². The second kappa shape index (κ2) is 5.93. The van der Waals surface area contributed by atoms with Crippen LogP contribution in [0, 0.1) is 5.41 Å². The van der Waals surface area contributed by atoms with Crippen molar-refractivity contribution in [3.63, 3.8) is 0 Å². The summed E-state index contributed by atoms with van der Waals surface area (Å²) in [6, 6.07) is 0. The van der Waals surface area contributed by atoms with Crippen LogP contribution < -0.4 is 11.1 Å². The Morgan fingerprint density at radius 1 is 1.64 bits per heavy atom. The van der Waals surface area contributed by atoms with Gasteiger partial charge in [0.15, 0.2) is 0 Å². The van der Waals surface area contributed by atoms with Gasteiger partial charge in [-0.05, 0) is 13.3 Å². The SMILES string of the molecule is CCC(C)(C(=O)NCCOC)C(N)=S. The summed E-state index contributed by atoms with van der Waals surface area (Å²) in [5.74, 6) is -0.135. The summed E-state index contributed by atoms with van der Waals surface area (Å²) in [6.45, 7) is 4.60. The highest BCUT2D eigenvalue weighted by atomic mass is 32.1. The van der Waals surface area contributed by atoms with Crippen LogP contribution in [-0.2, 0) is 9.53 Å². The van der Waals surface area contributed by atoms with E-state index < -0.39 is 5.41 Å². The first-order valence-corrected chi connectivity index (χ1v) is 4.97. The zero-order valence-corrected chi connectivity index (χ0v) is 9.74. The molecule has 14 heavy (non-hydrogen) atoms. The fraction of sp³-hybridized carbons (Fsp3) is 0.778. The predicted octanol–water partition coefficient (Wildman–Crippen LogP) is 0.451. The van der Waals surface area contributed by atoms with E-state index in [-0.39, 0.29) is 10.9 Å². The highest BCUT2D eigenvalue weighted by molar-refractivity contribution is 7.80. The van der Waals surface area contributed by atoms with Gasteiger partial charge in [-0.1, -0.05) is 19.1 Å². The van der Waals surface area contributed by atoms with Gasteiger partial charge in [-0.15, -0.1) is 0 Å². The second-order valence-corrected chi connectivity index (χ2v) is 3.74. The average Bonchev–Trinajstić information content (AvgIpc) is 2.16. The third-order valence-electron chi connectivity index (χ3n) is 2.34. The Morgan fingerprint density at radius 2 is 2.21 bits per heavy atom. The molecule has 0 aromatic carbocycles. The van der Waals surface area contributed by atoms with E-state index in [1.165, 1.54) is 0 Å². The minimum Gasteiger partial charge on any atom is -0.392 e. The average molecular weight is 218 g/mol. The van der Waals surface area contributed by atoms with Crippen molar-refractivity contribution in [1.29, 1.82) is 0 Å². The molecular weight excluding hydrogens is 200 g/mol. The molecule has 0 radical (unpaired) electrons. The van der Waals surface area contributed by atoms with Crippen LogP contribution in [0.4, 0.5) is 0 Å². The summed E-state index contributed by atoms with van der Waals surface area (Å²) in [4.78, 5) is 11.9. The van der Waals surface area contributed by atoms with Crippen LogP contribution in [0.3, 0.4) is 0 Å². The van der Waals surface area contributed by atoms with Gasteiger partial charge in [-0.25, -0.2) is 0 Å². The van der Waals surface area contributed by atoms with Gasteiger partial charge in [-0.2, -0.15) is 0 Å².